The number of anilines is 1. The van der Waals surface area contributed by atoms with Gasteiger partial charge in [0.25, 0.3) is 5.69 Å². The van der Waals surface area contributed by atoms with E-state index in [0.29, 0.717) is 25.6 Å². The van der Waals surface area contributed by atoms with Crippen LogP contribution in [-0.2, 0) is 6.18 Å². The molecule has 2 rings (SSSR count). The lowest BCUT2D eigenvalue weighted by molar-refractivity contribution is -0.385. The molecule has 8 heteroatoms. The summed E-state index contributed by atoms with van der Waals surface area (Å²) in [5.74, 6) is 0. The number of piperidine rings is 1. The van der Waals surface area contributed by atoms with Crippen molar-refractivity contribution in [1.82, 2.24) is 0 Å². The molecule has 1 fully saturated rings. The van der Waals surface area contributed by atoms with E-state index >= 15 is 0 Å². The van der Waals surface area contributed by atoms with Gasteiger partial charge in [-0.3, -0.25) is 10.1 Å². The molecule has 20 heavy (non-hydrogen) atoms. The van der Waals surface area contributed by atoms with Crippen molar-refractivity contribution in [3.63, 3.8) is 0 Å². The summed E-state index contributed by atoms with van der Waals surface area (Å²) in [7, 11) is 0. The molecule has 110 valence electrons. The highest BCUT2D eigenvalue weighted by Gasteiger charge is 2.37. The van der Waals surface area contributed by atoms with E-state index in [0.717, 1.165) is 18.6 Å². The number of benzene rings is 1. The highest BCUT2D eigenvalue weighted by molar-refractivity contribution is 5.59. The molecule has 1 heterocycles. The van der Waals surface area contributed by atoms with Crippen LogP contribution in [-0.4, -0.2) is 24.1 Å². The molecule has 1 aromatic rings. The van der Waals surface area contributed by atoms with Crippen LogP contribution in [0.25, 0.3) is 0 Å². The fraction of sp³-hybridized carbons (Fsp3) is 0.500. The number of nitrogens with zero attached hydrogens (tertiary/aromatic N) is 2. The Morgan fingerprint density at radius 2 is 2.10 bits per heavy atom. The van der Waals surface area contributed by atoms with Crippen LogP contribution in [0.5, 0.6) is 0 Å². The van der Waals surface area contributed by atoms with Gasteiger partial charge in [0.05, 0.1) is 10.5 Å². The molecule has 0 saturated carbocycles. The number of halogens is 3. The van der Waals surface area contributed by atoms with Crippen LogP contribution in [0.3, 0.4) is 0 Å². The van der Waals surface area contributed by atoms with Gasteiger partial charge in [-0.1, -0.05) is 0 Å². The molecule has 0 unspecified atom stereocenters. The predicted molar refractivity (Wildman–Crippen MR) is 67.5 cm³/mol. The first-order valence-corrected chi connectivity index (χ1v) is 6.15. The second-order valence-electron chi connectivity index (χ2n) is 4.80. The number of hydrogen-bond donors (Lipinski definition) is 1. The number of nitro groups is 1. The number of nitro benzene ring substituents is 1. The van der Waals surface area contributed by atoms with E-state index in [1.165, 1.54) is 0 Å². The number of alkyl halides is 3. The van der Waals surface area contributed by atoms with Gasteiger partial charge in [0, 0.05) is 37.0 Å². The highest BCUT2D eigenvalue weighted by atomic mass is 19.4. The van der Waals surface area contributed by atoms with Gasteiger partial charge in [-0.2, -0.15) is 13.2 Å². The topological polar surface area (TPSA) is 72.4 Å². The Morgan fingerprint density at radius 3 is 2.65 bits per heavy atom. The molecule has 1 atom stereocenters. The summed E-state index contributed by atoms with van der Waals surface area (Å²) < 4.78 is 39.2. The molecule has 0 amide bonds. The van der Waals surface area contributed by atoms with Gasteiger partial charge >= 0.3 is 6.18 Å². The Labute approximate surface area is 113 Å². The fourth-order valence-corrected chi connectivity index (χ4v) is 2.37. The first kappa shape index (κ1) is 14.6. The normalized spacial score (nSPS) is 20.0. The van der Waals surface area contributed by atoms with E-state index in [2.05, 4.69) is 0 Å². The summed E-state index contributed by atoms with van der Waals surface area (Å²) >= 11 is 0. The molecular weight excluding hydrogens is 275 g/mol. The van der Waals surface area contributed by atoms with Crippen molar-refractivity contribution in [2.75, 3.05) is 18.0 Å². The van der Waals surface area contributed by atoms with E-state index < -0.39 is 22.4 Å². The Bertz CT molecular complexity index is 519. The zero-order valence-electron chi connectivity index (χ0n) is 10.6. The SMILES string of the molecule is N[C@@H]1CCCN(c2ccc([N+](=O)[O-])cc2C(F)(F)F)C1. The maximum atomic E-state index is 13.1. The van der Waals surface area contributed by atoms with Crippen molar-refractivity contribution in [2.24, 2.45) is 5.73 Å². The highest BCUT2D eigenvalue weighted by Crippen LogP contribution is 2.39. The maximum absolute atomic E-state index is 13.1. The lowest BCUT2D eigenvalue weighted by Gasteiger charge is -2.34. The van der Waals surface area contributed by atoms with Gasteiger partial charge < -0.3 is 10.6 Å². The molecular formula is C12H14F3N3O2. The molecule has 0 aliphatic carbocycles. The Kier molecular flexibility index (Phi) is 3.85. The van der Waals surface area contributed by atoms with Crippen molar-refractivity contribution in [1.29, 1.82) is 0 Å². The minimum Gasteiger partial charge on any atom is -0.369 e. The van der Waals surface area contributed by atoms with Crippen LogP contribution in [0, 0.1) is 10.1 Å². The van der Waals surface area contributed by atoms with Crippen LogP contribution >= 0.6 is 0 Å². The van der Waals surface area contributed by atoms with Crippen LogP contribution < -0.4 is 10.6 Å². The molecule has 0 radical (unpaired) electrons. The van der Waals surface area contributed by atoms with Crippen molar-refractivity contribution in [3.05, 3.63) is 33.9 Å². The minimum absolute atomic E-state index is 0.0433. The van der Waals surface area contributed by atoms with E-state index in [1.54, 1.807) is 4.90 Å². The van der Waals surface area contributed by atoms with E-state index in [-0.39, 0.29) is 11.7 Å². The second-order valence-corrected chi connectivity index (χ2v) is 4.80. The zero-order chi connectivity index (χ0) is 14.9. The number of hydrogen-bond acceptors (Lipinski definition) is 4. The largest absolute Gasteiger partial charge is 0.418 e. The third-order valence-corrected chi connectivity index (χ3v) is 3.29. The summed E-state index contributed by atoms with van der Waals surface area (Å²) in [4.78, 5) is 11.3. The quantitative estimate of drug-likeness (QED) is 0.670. The summed E-state index contributed by atoms with van der Waals surface area (Å²) in [6.45, 7) is 0.787. The average Bonchev–Trinajstić information content (AvgIpc) is 2.37. The Balaban J connectivity index is 2.43. The molecule has 1 saturated heterocycles. The standard InChI is InChI=1S/C12H14F3N3O2/c13-12(14,15)10-6-9(18(19)20)3-4-11(10)17-5-1-2-8(16)7-17/h3-4,6,8H,1-2,5,7,16H2/t8-/m1/s1. The van der Waals surface area contributed by atoms with Crippen LogP contribution in [0.15, 0.2) is 18.2 Å². The molecule has 1 aliphatic rings. The van der Waals surface area contributed by atoms with E-state index in [1.807, 2.05) is 0 Å². The van der Waals surface area contributed by atoms with E-state index in [9.17, 15) is 23.3 Å². The fourth-order valence-electron chi connectivity index (χ4n) is 2.37. The smallest absolute Gasteiger partial charge is 0.369 e. The second kappa shape index (κ2) is 5.28. The third kappa shape index (κ3) is 3.01. The Morgan fingerprint density at radius 1 is 1.40 bits per heavy atom. The predicted octanol–water partition coefficient (Wildman–Crippen LogP) is 2.54. The summed E-state index contributed by atoms with van der Waals surface area (Å²) in [5.41, 5.74) is 4.17. The maximum Gasteiger partial charge on any atom is 0.418 e. The van der Waals surface area contributed by atoms with Crippen molar-refractivity contribution >= 4 is 11.4 Å². The summed E-state index contributed by atoms with van der Waals surface area (Å²) in [6.07, 6.45) is -3.16. The lowest BCUT2D eigenvalue weighted by atomic mass is 10.0. The van der Waals surface area contributed by atoms with E-state index in [4.69, 9.17) is 5.73 Å². The van der Waals surface area contributed by atoms with Crippen molar-refractivity contribution in [2.45, 2.75) is 25.1 Å². The first-order chi connectivity index (χ1) is 9.29. The van der Waals surface area contributed by atoms with Gasteiger partial charge in [0.1, 0.15) is 0 Å². The van der Waals surface area contributed by atoms with Gasteiger partial charge in [-0.15, -0.1) is 0 Å². The Hall–Kier alpha value is -1.83. The number of non-ortho nitro benzene ring substituents is 1. The lowest BCUT2D eigenvalue weighted by Crippen LogP contribution is -2.43. The van der Waals surface area contributed by atoms with Crippen LogP contribution in [0.1, 0.15) is 18.4 Å². The molecule has 5 nitrogen and oxygen atoms in total. The molecule has 0 spiro atoms. The van der Waals surface area contributed by atoms with Crippen molar-refractivity contribution < 1.29 is 18.1 Å². The summed E-state index contributed by atoms with van der Waals surface area (Å²) in [6, 6.07) is 2.64. The monoisotopic (exact) mass is 289 g/mol. The molecule has 1 aromatic carbocycles. The molecule has 2 N–H and O–H groups in total. The molecule has 0 bridgehead atoms. The molecule has 1 aliphatic heterocycles. The zero-order valence-corrected chi connectivity index (χ0v) is 10.6. The van der Waals surface area contributed by atoms with Gasteiger partial charge in [0.15, 0.2) is 0 Å². The number of nitrogens with two attached hydrogens (primary N) is 1. The van der Waals surface area contributed by atoms with Crippen LogP contribution in [0.4, 0.5) is 24.5 Å². The van der Waals surface area contributed by atoms with Gasteiger partial charge in [0.2, 0.25) is 0 Å². The van der Waals surface area contributed by atoms with Gasteiger partial charge in [-0.25, -0.2) is 0 Å². The summed E-state index contributed by atoms with van der Waals surface area (Å²) in [5, 5.41) is 10.6. The number of rotatable bonds is 2. The molecule has 0 aromatic heterocycles. The van der Waals surface area contributed by atoms with Crippen molar-refractivity contribution in [3.8, 4) is 0 Å². The average molecular weight is 289 g/mol. The minimum atomic E-state index is -4.64. The van der Waals surface area contributed by atoms with Gasteiger partial charge in [-0.05, 0) is 18.9 Å². The third-order valence-electron chi connectivity index (χ3n) is 3.29. The first-order valence-electron chi connectivity index (χ1n) is 6.15. The van der Waals surface area contributed by atoms with Crippen LogP contribution in [0.2, 0.25) is 0 Å².